The molecule has 0 aromatic rings. The molecule has 1 unspecified atom stereocenters. The molecule has 0 aromatic carbocycles. The van der Waals surface area contributed by atoms with Crippen LogP contribution in [0.3, 0.4) is 0 Å². The number of likely N-dealkylation sites (tertiary alicyclic amines) is 1. The first-order valence-corrected chi connectivity index (χ1v) is 8.04. The number of thioether (sulfide) groups is 1. The number of hydrogen-bond acceptors (Lipinski definition) is 3. The van der Waals surface area contributed by atoms with Gasteiger partial charge in [-0.1, -0.05) is 0 Å². The van der Waals surface area contributed by atoms with Crippen LogP contribution in [0.15, 0.2) is 0 Å². The molecule has 0 spiro atoms. The minimum absolute atomic E-state index is 0.0186. The third kappa shape index (κ3) is 4.30. The van der Waals surface area contributed by atoms with Crippen molar-refractivity contribution in [1.29, 1.82) is 0 Å². The Balaban J connectivity index is 2.54. The summed E-state index contributed by atoms with van der Waals surface area (Å²) in [5.74, 6) is 0.121. The zero-order chi connectivity index (χ0) is 14.5. The van der Waals surface area contributed by atoms with Crippen molar-refractivity contribution in [1.82, 2.24) is 10.2 Å². The van der Waals surface area contributed by atoms with E-state index in [4.69, 9.17) is 0 Å². The molecular weight excluding hydrogens is 264 g/mol. The molecule has 1 aliphatic rings. The van der Waals surface area contributed by atoms with E-state index in [-0.39, 0.29) is 11.9 Å². The molecule has 0 radical (unpaired) electrons. The lowest BCUT2D eigenvalue weighted by Gasteiger charge is -2.39. The van der Waals surface area contributed by atoms with Gasteiger partial charge in [0.1, 0.15) is 0 Å². The van der Waals surface area contributed by atoms with Gasteiger partial charge in [0, 0.05) is 25.4 Å². The van der Waals surface area contributed by atoms with E-state index in [9.17, 15) is 14.7 Å². The van der Waals surface area contributed by atoms with Crippen molar-refractivity contribution >= 4 is 23.8 Å². The highest BCUT2D eigenvalue weighted by molar-refractivity contribution is 7.98. The summed E-state index contributed by atoms with van der Waals surface area (Å²) in [5, 5.41) is 12.1. The molecule has 1 heterocycles. The zero-order valence-electron chi connectivity index (χ0n) is 11.9. The van der Waals surface area contributed by atoms with Gasteiger partial charge in [0.2, 0.25) is 0 Å². The number of amides is 2. The normalized spacial score (nSPS) is 20.2. The smallest absolute Gasteiger partial charge is 0.317 e. The van der Waals surface area contributed by atoms with Gasteiger partial charge >= 0.3 is 12.0 Å². The van der Waals surface area contributed by atoms with Crippen LogP contribution in [-0.4, -0.2) is 53.6 Å². The second kappa shape index (κ2) is 7.03. The van der Waals surface area contributed by atoms with Gasteiger partial charge in [0.25, 0.3) is 0 Å². The van der Waals surface area contributed by atoms with Crippen LogP contribution in [0.5, 0.6) is 0 Å². The summed E-state index contributed by atoms with van der Waals surface area (Å²) in [6, 6.07) is -0.0695. The number of rotatable bonds is 5. The Morgan fingerprint density at radius 3 is 2.74 bits per heavy atom. The number of carbonyl (C=O) groups is 2. The molecule has 0 bridgehead atoms. The summed E-state index contributed by atoms with van der Waals surface area (Å²) in [6.45, 7) is 5.40. The van der Waals surface area contributed by atoms with Crippen molar-refractivity contribution in [3.8, 4) is 0 Å². The van der Waals surface area contributed by atoms with Crippen LogP contribution in [0.4, 0.5) is 4.79 Å². The highest BCUT2D eigenvalue weighted by Gasteiger charge is 2.39. The maximum absolute atomic E-state index is 12.0. The lowest BCUT2D eigenvalue weighted by molar-refractivity contribution is -0.151. The number of carboxylic acids is 1. The maximum Gasteiger partial charge on any atom is 0.317 e. The largest absolute Gasteiger partial charge is 0.481 e. The Bertz CT molecular complexity index is 334. The van der Waals surface area contributed by atoms with E-state index >= 15 is 0 Å². The fourth-order valence-electron chi connectivity index (χ4n) is 2.30. The van der Waals surface area contributed by atoms with E-state index in [2.05, 4.69) is 5.32 Å². The van der Waals surface area contributed by atoms with E-state index in [1.165, 1.54) is 0 Å². The van der Waals surface area contributed by atoms with Crippen molar-refractivity contribution in [2.24, 2.45) is 11.3 Å². The minimum atomic E-state index is -0.790. The van der Waals surface area contributed by atoms with Crippen LogP contribution in [0, 0.1) is 11.3 Å². The first-order chi connectivity index (χ1) is 8.89. The molecule has 1 saturated heterocycles. The molecule has 5 nitrogen and oxygen atoms in total. The number of nitrogens with zero attached hydrogens (tertiary/aromatic N) is 1. The lowest BCUT2D eigenvalue weighted by atomic mass is 9.74. The number of aliphatic carboxylic acids is 1. The number of hydrogen-bond donors (Lipinski definition) is 2. The third-order valence-electron chi connectivity index (χ3n) is 3.86. The van der Waals surface area contributed by atoms with Crippen LogP contribution < -0.4 is 5.32 Å². The van der Waals surface area contributed by atoms with Gasteiger partial charge in [-0.2, -0.15) is 11.8 Å². The van der Waals surface area contributed by atoms with E-state index in [0.717, 1.165) is 25.1 Å². The van der Waals surface area contributed by atoms with Gasteiger partial charge in [-0.15, -0.1) is 0 Å². The molecule has 110 valence electrons. The topological polar surface area (TPSA) is 69.6 Å². The molecule has 1 atom stereocenters. The van der Waals surface area contributed by atoms with Crippen LogP contribution in [0.2, 0.25) is 0 Å². The Morgan fingerprint density at radius 1 is 1.47 bits per heavy atom. The van der Waals surface area contributed by atoms with Gasteiger partial charge in [-0.3, -0.25) is 4.79 Å². The molecule has 0 aliphatic carbocycles. The van der Waals surface area contributed by atoms with Gasteiger partial charge in [0.15, 0.2) is 0 Å². The molecule has 2 amide bonds. The summed E-state index contributed by atoms with van der Waals surface area (Å²) < 4.78 is 0. The van der Waals surface area contributed by atoms with Crippen molar-refractivity contribution in [3.63, 3.8) is 0 Å². The molecule has 6 heteroatoms. The van der Waals surface area contributed by atoms with E-state index < -0.39 is 11.4 Å². The summed E-state index contributed by atoms with van der Waals surface area (Å²) in [6.07, 6.45) is 3.74. The van der Waals surface area contributed by atoms with Crippen molar-refractivity contribution in [2.45, 2.75) is 26.7 Å². The highest BCUT2D eigenvalue weighted by atomic mass is 32.2. The summed E-state index contributed by atoms with van der Waals surface area (Å²) in [4.78, 5) is 25.0. The Hall–Kier alpha value is -0.910. The lowest BCUT2D eigenvalue weighted by Crippen LogP contribution is -2.50. The molecule has 1 rings (SSSR count). The standard InChI is InChI=1S/C13H24N2O3S/c1-13(2,11(16)17)10-5-4-7-15(9-10)12(18)14-6-8-19-3/h10H,4-9H2,1-3H3,(H,14,18)(H,16,17). The number of carboxylic acid groups (broad SMARTS) is 1. The molecule has 2 N–H and O–H groups in total. The monoisotopic (exact) mass is 288 g/mol. The summed E-state index contributed by atoms with van der Waals surface area (Å²) in [7, 11) is 0. The second-order valence-corrected chi connectivity index (χ2v) is 6.52. The molecule has 1 aliphatic heterocycles. The van der Waals surface area contributed by atoms with Gasteiger partial charge in [0.05, 0.1) is 5.41 Å². The van der Waals surface area contributed by atoms with Crippen LogP contribution in [-0.2, 0) is 4.79 Å². The predicted octanol–water partition coefficient (Wildman–Crippen LogP) is 1.88. The number of urea groups is 1. The van der Waals surface area contributed by atoms with E-state index in [1.807, 2.05) is 6.26 Å². The maximum atomic E-state index is 12.0. The Morgan fingerprint density at radius 2 is 2.16 bits per heavy atom. The van der Waals surface area contributed by atoms with Gasteiger partial charge in [-0.05, 0) is 38.9 Å². The van der Waals surface area contributed by atoms with E-state index in [0.29, 0.717) is 13.1 Å². The van der Waals surface area contributed by atoms with Crippen LogP contribution in [0.1, 0.15) is 26.7 Å². The number of carbonyl (C=O) groups excluding carboxylic acids is 1. The second-order valence-electron chi connectivity index (χ2n) is 5.54. The zero-order valence-corrected chi connectivity index (χ0v) is 12.8. The molecule has 1 fully saturated rings. The average molecular weight is 288 g/mol. The molecule has 19 heavy (non-hydrogen) atoms. The van der Waals surface area contributed by atoms with Crippen LogP contribution in [0.25, 0.3) is 0 Å². The predicted molar refractivity (Wildman–Crippen MR) is 77.5 cm³/mol. The molecule has 0 saturated carbocycles. The highest BCUT2D eigenvalue weighted by Crippen LogP contribution is 2.34. The summed E-state index contributed by atoms with van der Waals surface area (Å²) >= 11 is 1.69. The summed E-state index contributed by atoms with van der Waals surface area (Å²) in [5.41, 5.74) is -0.780. The SMILES string of the molecule is CSCCNC(=O)N1CCCC(C(C)(C)C(=O)O)C1. The average Bonchev–Trinajstić information content (AvgIpc) is 2.39. The Kier molecular flexibility index (Phi) is 5.97. The third-order valence-corrected chi connectivity index (χ3v) is 4.48. The quantitative estimate of drug-likeness (QED) is 0.758. The molecule has 0 aromatic heterocycles. The van der Waals surface area contributed by atoms with Crippen molar-refractivity contribution in [2.75, 3.05) is 31.6 Å². The van der Waals surface area contributed by atoms with Crippen molar-refractivity contribution in [3.05, 3.63) is 0 Å². The fraction of sp³-hybridized carbons (Fsp3) is 0.846. The molecular formula is C13H24N2O3S. The minimum Gasteiger partial charge on any atom is -0.481 e. The number of piperidine rings is 1. The Labute approximate surface area is 119 Å². The first kappa shape index (κ1) is 16.1. The van der Waals surface area contributed by atoms with Crippen LogP contribution >= 0.6 is 11.8 Å². The van der Waals surface area contributed by atoms with Crippen molar-refractivity contribution < 1.29 is 14.7 Å². The van der Waals surface area contributed by atoms with E-state index in [1.54, 1.807) is 30.5 Å². The van der Waals surface area contributed by atoms with Gasteiger partial charge < -0.3 is 15.3 Å². The fourth-order valence-corrected chi connectivity index (χ4v) is 2.60. The number of nitrogens with one attached hydrogen (secondary N) is 1. The first-order valence-electron chi connectivity index (χ1n) is 6.64. The van der Waals surface area contributed by atoms with Gasteiger partial charge in [-0.25, -0.2) is 4.79 Å².